The first-order valence-electron chi connectivity index (χ1n) is 5.30. The Kier molecular flexibility index (Phi) is 4.48. The van der Waals surface area contributed by atoms with E-state index in [1.165, 1.54) is 0 Å². The predicted octanol–water partition coefficient (Wildman–Crippen LogP) is -0.401. The fourth-order valence-electron chi connectivity index (χ4n) is 1.85. The van der Waals surface area contributed by atoms with E-state index in [1.54, 1.807) is 13.8 Å². The van der Waals surface area contributed by atoms with Crippen LogP contribution in [0, 0.1) is 0 Å². The molecule has 1 aliphatic carbocycles. The summed E-state index contributed by atoms with van der Waals surface area (Å²) in [6, 6.07) is -0.111. The van der Waals surface area contributed by atoms with Crippen LogP contribution in [0.3, 0.4) is 0 Å². The average Bonchev–Trinajstić information content (AvgIpc) is 2.41. The molecule has 0 bridgehead atoms. The van der Waals surface area contributed by atoms with Gasteiger partial charge in [-0.15, -0.1) is 0 Å². The third-order valence-corrected chi connectivity index (χ3v) is 2.39. The second kappa shape index (κ2) is 5.23. The molecule has 0 heterocycles. The molecule has 0 spiro atoms. The molecule has 5 nitrogen and oxygen atoms in total. The molecule has 5 heteroatoms. The minimum absolute atomic E-state index is 0.0166. The Morgan fingerprint density at radius 2 is 2.07 bits per heavy atom. The van der Waals surface area contributed by atoms with Gasteiger partial charge in [0.25, 0.3) is 0 Å². The second-order valence-corrected chi connectivity index (χ2v) is 4.45. The van der Waals surface area contributed by atoms with Crippen LogP contribution in [0.5, 0.6) is 0 Å². The van der Waals surface area contributed by atoms with Crippen molar-refractivity contribution in [3.05, 3.63) is 0 Å². The van der Waals surface area contributed by atoms with Gasteiger partial charge in [-0.1, -0.05) is 0 Å². The lowest BCUT2D eigenvalue weighted by Gasteiger charge is -2.25. The Morgan fingerprint density at radius 3 is 2.60 bits per heavy atom. The fraction of sp³-hybridized carbons (Fsp3) is 1.00. The number of nitrogens with two attached hydrogens (primary N) is 1. The van der Waals surface area contributed by atoms with Gasteiger partial charge in [-0.2, -0.15) is 0 Å². The van der Waals surface area contributed by atoms with Gasteiger partial charge in [0, 0.05) is 12.5 Å². The Balaban J connectivity index is 2.35. The number of aliphatic hydroxyl groups excluding tert-OH is 1. The smallest absolute Gasteiger partial charge is 0.160 e. The first kappa shape index (κ1) is 12.9. The molecule has 0 aromatic rings. The van der Waals surface area contributed by atoms with Gasteiger partial charge < -0.3 is 25.4 Å². The molecule has 0 amide bonds. The highest BCUT2D eigenvalue weighted by molar-refractivity contribution is 4.88. The van der Waals surface area contributed by atoms with Crippen LogP contribution in [0.2, 0.25) is 0 Å². The summed E-state index contributed by atoms with van der Waals surface area (Å²) in [4.78, 5) is 0. The van der Waals surface area contributed by atoms with Gasteiger partial charge in [-0.25, -0.2) is 0 Å². The lowest BCUT2D eigenvalue weighted by atomic mass is 10.2. The summed E-state index contributed by atoms with van der Waals surface area (Å²) in [7, 11) is 0. The minimum atomic E-state index is -1.16. The monoisotopic (exact) mass is 219 g/mol. The zero-order valence-electron chi connectivity index (χ0n) is 9.35. The first-order chi connectivity index (χ1) is 6.92. The van der Waals surface area contributed by atoms with E-state index in [4.69, 9.17) is 20.3 Å². The van der Waals surface area contributed by atoms with Gasteiger partial charge in [-0.05, 0) is 20.3 Å². The molecule has 0 aliphatic heterocycles. The molecule has 0 radical (unpaired) electrons. The maximum absolute atomic E-state index is 9.50. The van der Waals surface area contributed by atoms with E-state index in [1.807, 2.05) is 0 Å². The van der Waals surface area contributed by atoms with E-state index in [9.17, 15) is 5.11 Å². The summed E-state index contributed by atoms with van der Waals surface area (Å²) < 4.78 is 10.8. The predicted molar refractivity (Wildman–Crippen MR) is 55.2 cm³/mol. The molecule has 1 rings (SSSR count). The van der Waals surface area contributed by atoms with Crippen LogP contribution in [0.25, 0.3) is 0 Å². The summed E-state index contributed by atoms with van der Waals surface area (Å²) >= 11 is 0. The summed E-state index contributed by atoms with van der Waals surface area (Å²) in [6.07, 6.45) is 1.24. The van der Waals surface area contributed by atoms with Gasteiger partial charge >= 0.3 is 0 Å². The van der Waals surface area contributed by atoms with E-state index >= 15 is 0 Å². The van der Waals surface area contributed by atoms with Crippen molar-refractivity contribution in [3.63, 3.8) is 0 Å². The van der Waals surface area contributed by atoms with Crippen LogP contribution in [-0.4, -0.2) is 47.5 Å². The first-order valence-corrected chi connectivity index (χ1v) is 5.30. The molecule has 3 atom stereocenters. The van der Waals surface area contributed by atoms with Gasteiger partial charge in [0.2, 0.25) is 0 Å². The Labute approximate surface area is 90.2 Å². The van der Waals surface area contributed by atoms with Crippen molar-refractivity contribution < 1.29 is 19.7 Å². The number of aliphatic hydroxyl groups is 2. The average molecular weight is 219 g/mol. The largest absolute Gasteiger partial charge is 0.394 e. The van der Waals surface area contributed by atoms with Crippen LogP contribution in [0.1, 0.15) is 26.7 Å². The van der Waals surface area contributed by atoms with E-state index < -0.39 is 5.79 Å². The SMILES string of the molecule is CC(C)(O)OC1C[C@@H](OCCO)C[C@H]1N. The van der Waals surface area contributed by atoms with Crippen LogP contribution < -0.4 is 5.73 Å². The molecule has 1 aliphatic rings. The molecule has 0 aromatic carbocycles. The van der Waals surface area contributed by atoms with Crippen LogP contribution in [-0.2, 0) is 9.47 Å². The van der Waals surface area contributed by atoms with Crippen molar-refractivity contribution in [1.29, 1.82) is 0 Å². The molecule has 1 saturated carbocycles. The van der Waals surface area contributed by atoms with E-state index in [0.29, 0.717) is 19.4 Å². The topological polar surface area (TPSA) is 84.9 Å². The molecule has 15 heavy (non-hydrogen) atoms. The van der Waals surface area contributed by atoms with E-state index in [2.05, 4.69) is 0 Å². The van der Waals surface area contributed by atoms with Crippen molar-refractivity contribution >= 4 is 0 Å². The fourth-order valence-corrected chi connectivity index (χ4v) is 1.85. The lowest BCUT2D eigenvalue weighted by Crippen LogP contribution is -2.38. The highest BCUT2D eigenvalue weighted by atomic mass is 16.6. The molecule has 0 saturated heterocycles. The third-order valence-electron chi connectivity index (χ3n) is 2.39. The van der Waals surface area contributed by atoms with Gasteiger partial charge in [0.1, 0.15) is 0 Å². The second-order valence-electron chi connectivity index (χ2n) is 4.45. The number of hydrogen-bond donors (Lipinski definition) is 3. The number of rotatable bonds is 5. The normalized spacial score (nSPS) is 32.2. The summed E-state index contributed by atoms with van der Waals surface area (Å²) in [5.74, 6) is -1.16. The van der Waals surface area contributed by atoms with Gasteiger partial charge in [0.05, 0.1) is 25.4 Å². The van der Waals surface area contributed by atoms with Crippen molar-refractivity contribution in [3.8, 4) is 0 Å². The summed E-state index contributed by atoms with van der Waals surface area (Å²) in [5.41, 5.74) is 5.87. The third kappa shape index (κ3) is 4.44. The Hall–Kier alpha value is -0.200. The molecule has 90 valence electrons. The molecule has 0 aromatic heterocycles. The molecular weight excluding hydrogens is 198 g/mol. The highest BCUT2D eigenvalue weighted by Crippen LogP contribution is 2.26. The Morgan fingerprint density at radius 1 is 1.40 bits per heavy atom. The lowest BCUT2D eigenvalue weighted by molar-refractivity contribution is -0.207. The summed E-state index contributed by atoms with van der Waals surface area (Å²) in [5, 5.41) is 18.1. The molecular formula is C10H21NO4. The minimum Gasteiger partial charge on any atom is -0.394 e. The number of ether oxygens (including phenoxy) is 2. The van der Waals surface area contributed by atoms with Crippen LogP contribution >= 0.6 is 0 Å². The van der Waals surface area contributed by atoms with E-state index in [0.717, 1.165) is 0 Å². The van der Waals surface area contributed by atoms with Crippen molar-refractivity contribution in [2.45, 2.75) is 50.7 Å². The van der Waals surface area contributed by atoms with Crippen LogP contribution in [0.15, 0.2) is 0 Å². The Bertz CT molecular complexity index is 192. The van der Waals surface area contributed by atoms with Gasteiger partial charge in [0.15, 0.2) is 5.79 Å². The molecule has 4 N–H and O–H groups in total. The molecule has 1 unspecified atom stereocenters. The zero-order chi connectivity index (χ0) is 11.5. The van der Waals surface area contributed by atoms with Crippen molar-refractivity contribution in [1.82, 2.24) is 0 Å². The quantitative estimate of drug-likeness (QED) is 0.548. The molecule has 1 fully saturated rings. The van der Waals surface area contributed by atoms with Crippen molar-refractivity contribution in [2.24, 2.45) is 5.73 Å². The van der Waals surface area contributed by atoms with E-state index in [-0.39, 0.29) is 24.9 Å². The number of hydrogen-bond acceptors (Lipinski definition) is 5. The van der Waals surface area contributed by atoms with Gasteiger partial charge in [-0.3, -0.25) is 0 Å². The highest BCUT2D eigenvalue weighted by Gasteiger charge is 2.36. The summed E-state index contributed by atoms with van der Waals surface area (Å²) in [6.45, 7) is 3.51. The zero-order valence-corrected chi connectivity index (χ0v) is 9.35. The standard InChI is InChI=1S/C10H21NO4/c1-10(2,13)15-9-6-7(5-8(9)11)14-4-3-12/h7-9,12-13H,3-6,11H2,1-2H3/t7-,8+,9?/m0/s1. The van der Waals surface area contributed by atoms with Crippen LogP contribution in [0.4, 0.5) is 0 Å². The van der Waals surface area contributed by atoms with Crippen molar-refractivity contribution in [2.75, 3.05) is 13.2 Å². The maximum Gasteiger partial charge on any atom is 0.160 e. The maximum atomic E-state index is 9.50.